The summed E-state index contributed by atoms with van der Waals surface area (Å²) in [5.41, 5.74) is 1.23. The molecule has 0 aromatic heterocycles. The molecule has 0 saturated carbocycles. The van der Waals surface area contributed by atoms with E-state index < -0.39 is 0 Å². The highest BCUT2D eigenvalue weighted by atomic mass is 35.5. The zero-order valence-corrected chi connectivity index (χ0v) is 15.8. The van der Waals surface area contributed by atoms with Gasteiger partial charge in [0.1, 0.15) is 5.75 Å². The van der Waals surface area contributed by atoms with E-state index in [1.165, 1.54) is 0 Å². The van der Waals surface area contributed by atoms with Crippen molar-refractivity contribution in [3.8, 4) is 5.75 Å². The Morgan fingerprint density at radius 2 is 1.62 bits per heavy atom. The standard InChI is InChI=1S/C20H24N2O3.ClH/c1-3-21-15(2)13-22-19(23)14-25-18-11-9-17(10-12-18)20(24)16-7-5-4-6-8-16;/h4-12,15,21H,3,13-14H2,1-2H3,(H,22,23);1H/t15-;/m1./s1. The first-order valence-corrected chi connectivity index (χ1v) is 8.43. The van der Waals surface area contributed by atoms with Gasteiger partial charge < -0.3 is 15.4 Å². The third-order valence-corrected chi connectivity index (χ3v) is 3.68. The summed E-state index contributed by atoms with van der Waals surface area (Å²) in [6.07, 6.45) is 0. The van der Waals surface area contributed by atoms with Gasteiger partial charge in [-0.25, -0.2) is 0 Å². The van der Waals surface area contributed by atoms with Crippen molar-refractivity contribution in [1.29, 1.82) is 0 Å². The number of likely N-dealkylation sites (N-methyl/N-ethyl adjacent to an activating group) is 1. The van der Waals surface area contributed by atoms with Crippen molar-refractivity contribution in [3.63, 3.8) is 0 Å². The summed E-state index contributed by atoms with van der Waals surface area (Å²) in [4.78, 5) is 24.1. The van der Waals surface area contributed by atoms with Crippen LogP contribution in [0.25, 0.3) is 0 Å². The lowest BCUT2D eigenvalue weighted by atomic mass is 10.0. The van der Waals surface area contributed by atoms with Gasteiger partial charge in [0, 0.05) is 23.7 Å². The molecular formula is C20H25ClN2O3. The van der Waals surface area contributed by atoms with Crippen LogP contribution in [0, 0.1) is 0 Å². The first-order chi connectivity index (χ1) is 12.1. The third-order valence-electron chi connectivity index (χ3n) is 3.68. The van der Waals surface area contributed by atoms with Crippen molar-refractivity contribution in [2.24, 2.45) is 0 Å². The van der Waals surface area contributed by atoms with E-state index in [1.807, 2.05) is 32.0 Å². The summed E-state index contributed by atoms with van der Waals surface area (Å²) in [6.45, 7) is 5.40. The molecule has 1 atom stereocenters. The van der Waals surface area contributed by atoms with Gasteiger partial charge in [-0.15, -0.1) is 12.4 Å². The second kappa shape index (κ2) is 11.3. The van der Waals surface area contributed by atoms with E-state index in [2.05, 4.69) is 10.6 Å². The Hall–Kier alpha value is -2.37. The highest BCUT2D eigenvalue weighted by Crippen LogP contribution is 2.15. The van der Waals surface area contributed by atoms with Gasteiger partial charge in [-0.3, -0.25) is 9.59 Å². The van der Waals surface area contributed by atoms with Crippen LogP contribution in [0.4, 0.5) is 0 Å². The number of ketones is 1. The number of hydrogen-bond acceptors (Lipinski definition) is 4. The minimum absolute atomic E-state index is 0. The van der Waals surface area contributed by atoms with Crippen LogP contribution in [-0.4, -0.2) is 37.4 Å². The first kappa shape index (κ1) is 21.7. The number of carbonyl (C=O) groups is 2. The van der Waals surface area contributed by atoms with Crippen molar-refractivity contribution in [1.82, 2.24) is 10.6 Å². The molecule has 6 heteroatoms. The monoisotopic (exact) mass is 376 g/mol. The van der Waals surface area contributed by atoms with E-state index in [0.29, 0.717) is 23.4 Å². The number of nitrogens with one attached hydrogen (secondary N) is 2. The molecule has 2 N–H and O–H groups in total. The smallest absolute Gasteiger partial charge is 0.257 e. The molecule has 0 bridgehead atoms. The molecule has 2 aromatic carbocycles. The number of halogens is 1. The summed E-state index contributed by atoms with van der Waals surface area (Å²) in [7, 11) is 0. The molecule has 0 radical (unpaired) electrons. The molecule has 0 aliphatic heterocycles. The Balaban J connectivity index is 0.00000338. The minimum Gasteiger partial charge on any atom is -0.484 e. The lowest BCUT2D eigenvalue weighted by Crippen LogP contribution is -2.40. The van der Waals surface area contributed by atoms with Gasteiger partial charge in [0.2, 0.25) is 0 Å². The predicted octanol–water partition coefficient (Wildman–Crippen LogP) is 2.83. The molecule has 0 unspecified atom stereocenters. The zero-order chi connectivity index (χ0) is 18.1. The molecule has 0 saturated heterocycles. The molecule has 2 aromatic rings. The van der Waals surface area contributed by atoms with Crippen LogP contribution in [0.5, 0.6) is 5.75 Å². The van der Waals surface area contributed by atoms with Gasteiger partial charge in [-0.05, 0) is 37.7 Å². The normalized spacial score (nSPS) is 11.2. The van der Waals surface area contributed by atoms with Crippen molar-refractivity contribution in [3.05, 3.63) is 65.7 Å². The van der Waals surface area contributed by atoms with Gasteiger partial charge in [0.15, 0.2) is 12.4 Å². The van der Waals surface area contributed by atoms with Gasteiger partial charge in [0.25, 0.3) is 5.91 Å². The van der Waals surface area contributed by atoms with Gasteiger partial charge >= 0.3 is 0 Å². The third kappa shape index (κ3) is 6.86. The molecule has 1 amide bonds. The fourth-order valence-corrected chi connectivity index (χ4v) is 2.35. The molecule has 0 aliphatic rings. The topological polar surface area (TPSA) is 67.4 Å². The quantitative estimate of drug-likeness (QED) is 0.660. The highest BCUT2D eigenvalue weighted by molar-refractivity contribution is 6.08. The molecule has 2 rings (SSSR count). The van der Waals surface area contributed by atoms with Crippen molar-refractivity contribution < 1.29 is 14.3 Å². The summed E-state index contributed by atoms with van der Waals surface area (Å²) < 4.78 is 5.46. The average Bonchev–Trinajstić information content (AvgIpc) is 2.65. The van der Waals surface area contributed by atoms with Crippen molar-refractivity contribution >= 4 is 24.1 Å². The van der Waals surface area contributed by atoms with Gasteiger partial charge in [-0.1, -0.05) is 37.3 Å². The number of rotatable bonds is 9. The predicted molar refractivity (Wildman–Crippen MR) is 105 cm³/mol. The Morgan fingerprint density at radius 3 is 2.23 bits per heavy atom. The summed E-state index contributed by atoms with van der Waals surface area (Å²) >= 11 is 0. The number of amides is 1. The van der Waals surface area contributed by atoms with E-state index in [-0.39, 0.29) is 36.7 Å². The van der Waals surface area contributed by atoms with Crippen LogP contribution < -0.4 is 15.4 Å². The molecule has 5 nitrogen and oxygen atoms in total. The molecule has 0 fully saturated rings. The Kier molecular flexibility index (Phi) is 9.41. The van der Waals surface area contributed by atoms with Gasteiger partial charge in [0.05, 0.1) is 0 Å². The largest absolute Gasteiger partial charge is 0.484 e. The maximum absolute atomic E-state index is 12.3. The van der Waals surface area contributed by atoms with E-state index in [0.717, 1.165) is 6.54 Å². The van der Waals surface area contributed by atoms with E-state index >= 15 is 0 Å². The lowest BCUT2D eigenvalue weighted by molar-refractivity contribution is -0.123. The molecular weight excluding hydrogens is 352 g/mol. The van der Waals surface area contributed by atoms with Crippen LogP contribution in [0.2, 0.25) is 0 Å². The van der Waals surface area contributed by atoms with Crippen molar-refractivity contribution in [2.75, 3.05) is 19.7 Å². The maximum Gasteiger partial charge on any atom is 0.257 e. The van der Waals surface area contributed by atoms with Crippen LogP contribution in [0.3, 0.4) is 0 Å². The van der Waals surface area contributed by atoms with Gasteiger partial charge in [-0.2, -0.15) is 0 Å². The van der Waals surface area contributed by atoms with Crippen molar-refractivity contribution in [2.45, 2.75) is 19.9 Å². The summed E-state index contributed by atoms with van der Waals surface area (Å²) in [6, 6.07) is 16.1. The van der Waals surface area contributed by atoms with Crippen LogP contribution in [-0.2, 0) is 4.79 Å². The molecule has 0 spiro atoms. The summed E-state index contributed by atoms with van der Waals surface area (Å²) in [5.74, 6) is 0.344. The number of ether oxygens (including phenoxy) is 1. The molecule has 0 aliphatic carbocycles. The Bertz CT molecular complexity index is 690. The fraction of sp³-hybridized carbons (Fsp3) is 0.300. The second-order valence-corrected chi connectivity index (χ2v) is 5.77. The van der Waals surface area contributed by atoms with E-state index in [1.54, 1.807) is 36.4 Å². The SMILES string of the molecule is CCN[C@H](C)CNC(=O)COc1ccc(C(=O)c2ccccc2)cc1.Cl. The fourth-order valence-electron chi connectivity index (χ4n) is 2.35. The van der Waals surface area contributed by atoms with Crippen LogP contribution in [0.1, 0.15) is 29.8 Å². The highest BCUT2D eigenvalue weighted by Gasteiger charge is 2.09. The zero-order valence-electron chi connectivity index (χ0n) is 15.0. The van der Waals surface area contributed by atoms with Crippen LogP contribution >= 0.6 is 12.4 Å². The maximum atomic E-state index is 12.3. The average molecular weight is 377 g/mol. The Labute approximate surface area is 160 Å². The van der Waals surface area contributed by atoms with E-state index in [4.69, 9.17) is 4.74 Å². The first-order valence-electron chi connectivity index (χ1n) is 8.43. The van der Waals surface area contributed by atoms with E-state index in [9.17, 15) is 9.59 Å². The molecule has 26 heavy (non-hydrogen) atoms. The second-order valence-electron chi connectivity index (χ2n) is 5.77. The summed E-state index contributed by atoms with van der Waals surface area (Å²) in [5, 5.41) is 6.03. The molecule has 0 heterocycles. The minimum atomic E-state index is -0.172. The number of carbonyl (C=O) groups excluding carboxylic acids is 2. The van der Waals surface area contributed by atoms with Crippen LogP contribution in [0.15, 0.2) is 54.6 Å². The lowest BCUT2D eigenvalue weighted by Gasteiger charge is -2.13. The number of benzene rings is 2. The Morgan fingerprint density at radius 1 is 1.00 bits per heavy atom. The number of hydrogen-bond donors (Lipinski definition) is 2. The molecule has 140 valence electrons.